The summed E-state index contributed by atoms with van der Waals surface area (Å²) in [7, 11) is 0. The Balaban J connectivity index is 1.75. The summed E-state index contributed by atoms with van der Waals surface area (Å²) in [6.45, 7) is 1.63. The summed E-state index contributed by atoms with van der Waals surface area (Å²) in [6.07, 6.45) is 7.38. The number of piperidine rings is 1. The molecular formula is C15H17Cl2N3O. The molecule has 0 spiro atoms. The highest BCUT2D eigenvalue weighted by Crippen LogP contribution is 2.29. The number of fused-ring (bicyclic) bond motifs is 1. The van der Waals surface area contributed by atoms with Crippen LogP contribution in [0.2, 0.25) is 10.0 Å². The molecule has 112 valence electrons. The van der Waals surface area contributed by atoms with Crippen molar-refractivity contribution >= 4 is 34.2 Å². The first kappa shape index (κ1) is 14.9. The van der Waals surface area contributed by atoms with Crippen LogP contribution in [-0.2, 0) is 6.54 Å². The number of aliphatic hydroxyl groups is 1. The van der Waals surface area contributed by atoms with E-state index in [9.17, 15) is 5.11 Å². The molecule has 1 aliphatic heterocycles. The summed E-state index contributed by atoms with van der Waals surface area (Å²) in [5.41, 5.74) is 1.67. The Hall–Kier alpha value is -1.07. The number of aliphatic hydroxyl groups excluding tert-OH is 1. The Labute approximate surface area is 133 Å². The van der Waals surface area contributed by atoms with E-state index in [0.717, 1.165) is 24.9 Å². The molecule has 1 aromatic heterocycles. The highest BCUT2D eigenvalue weighted by molar-refractivity contribution is 6.44. The number of aromatic nitrogens is 2. The fraction of sp³-hybridized carbons (Fsp3) is 0.400. The molecule has 1 saturated heterocycles. The van der Waals surface area contributed by atoms with Crippen molar-refractivity contribution in [3.05, 3.63) is 40.7 Å². The molecule has 1 fully saturated rings. The number of benzene rings is 1. The number of allylic oxidation sites excluding steroid dienone is 1. The van der Waals surface area contributed by atoms with E-state index >= 15 is 0 Å². The van der Waals surface area contributed by atoms with E-state index in [-0.39, 0.29) is 12.1 Å². The van der Waals surface area contributed by atoms with Gasteiger partial charge in [0.2, 0.25) is 0 Å². The van der Waals surface area contributed by atoms with Gasteiger partial charge in [0.25, 0.3) is 0 Å². The monoisotopic (exact) mass is 325 g/mol. The molecule has 1 aliphatic rings. The standard InChI is InChI=1S/C15H17Cl2N3O/c16-10-5-6-12-15(14(10)17)19-9-20(12)8-2-3-11-13(21)4-1-7-18-11/h2-3,5-6,9,11,13,18,21H,1,4,7-8H2/b3-2+/t11-,13+/m1/s1. The van der Waals surface area contributed by atoms with Crippen LogP contribution in [0.5, 0.6) is 0 Å². The van der Waals surface area contributed by atoms with Gasteiger partial charge in [0.05, 0.1) is 34.0 Å². The molecule has 0 aliphatic carbocycles. The van der Waals surface area contributed by atoms with Crippen molar-refractivity contribution in [1.82, 2.24) is 14.9 Å². The second-order valence-corrected chi connectivity index (χ2v) is 6.03. The quantitative estimate of drug-likeness (QED) is 0.853. The lowest BCUT2D eigenvalue weighted by Crippen LogP contribution is -2.43. The van der Waals surface area contributed by atoms with Crippen LogP contribution >= 0.6 is 23.2 Å². The summed E-state index contributed by atoms with van der Waals surface area (Å²) in [5.74, 6) is 0. The Bertz CT molecular complexity index is 668. The fourth-order valence-corrected chi connectivity index (χ4v) is 2.99. The lowest BCUT2D eigenvalue weighted by molar-refractivity contribution is 0.115. The Kier molecular flexibility index (Phi) is 4.50. The van der Waals surface area contributed by atoms with Crippen LogP contribution < -0.4 is 5.32 Å². The molecule has 0 bridgehead atoms. The van der Waals surface area contributed by atoms with E-state index in [1.165, 1.54) is 0 Å². The minimum absolute atomic E-state index is 0.0339. The first-order valence-corrected chi connectivity index (χ1v) is 7.79. The van der Waals surface area contributed by atoms with Gasteiger partial charge in [0.15, 0.2) is 0 Å². The third-order valence-electron chi connectivity index (χ3n) is 3.80. The second-order valence-electron chi connectivity index (χ2n) is 5.24. The van der Waals surface area contributed by atoms with E-state index in [4.69, 9.17) is 23.2 Å². The Morgan fingerprint density at radius 2 is 2.29 bits per heavy atom. The molecule has 2 atom stereocenters. The summed E-state index contributed by atoms with van der Waals surface area (Å²) in [6, 6.07) is 3.73. The maximum absolute atomic E-state index is 9.90. The zero-order valence-corrected chi connectivity index (χ0v) is 13.0. The number of hydrogen-bond acceptors (Lipinski definition) is 3. The SMILES string of the molecule is O[C@H]1CCCN[C@@H]1/C=C/Cn1cnc2c(Cl)c(Cl)ccc21. The zero-order valence-electron chi connectivity index (χ0n) is 11.5. The normalized spacial score (nSPS) is 23.2. The van der Waals surface area contributed by atoms with E-state index < -0.39 is 0 Å². The largest absolute Gasteiger partial charge is 0.391 e. The summed E-state index contributed by atoms with van der Waals surface area (Å²) < 4.78 is 2.00. The highest BCUT2D eigenvalue weighted by Gasteiger charge is 2.19. The van der Waals surface area contributed by atoms with Crippen LogP contribution in [-0.4, -0.2) is 33.3 Å². The first-order valence-electron chi connectivity index (χ1n) is 7.04. The molecule has 2 N–H and O–H groups in total. The van der Waals surface area contributed by atoms with Crippen LogP contribution in [0.4, 0.5) is 0 Å². The third-order valence-corrected chi connectivity index (χ3v) is 4.59. The number of nitrogens with zero attached hydrogens (tertiary/aromatic N) is 2. The number of rotatable bonds is 3. The van der Waals surface area contributed by atoms with Crippen molar-refractivity contribution in [3.8, 4) is 0 Å². The van der Waals surface area contributed by atoms with Crippen LogP contribution in [0.3, 0.4) is 0 Å². The number of halogens is 2. The molecule has 2 aromatic rings. The van der Waals surface area contributed by atoms with Gasteiger partial charge in [-0.1, -0.05) is 35.4 Å². The van der Waals surface area contributed by atoms with E-state index in [2.05, 4.69) is 10.3 Å². The highest BCUT2D eigenvalue weighted by atomic mass is 35.5. The van der Waals surface area contributed by atoms with Gasteiger partial charge >= 0.3 is 0 Å². The second kappa shape index (κ2) is 6.36. The topological polar surface area (TPSA) is 50.1 Å². The molecule has 2 heterocycles. The minimum atomic E-state index is -0.303. The van der Waals surface area contributed by atoms with Crippen LogP contribution in [0.1, 0.15) is 12.8 Å². The van der Waals surface area contributed by atoms with Gasteiger partial charge in [-0.15, -0.1) is 0 Å². The molecule has 3 rings (SSSR count). The lowest BCUT2D eigenvalue weighted by atomic mass is 10.0. The van der Waals surface area contributed by atoms with Crippen LogP contribution in [0, 0.1) is 0 Å². The molecule has 0 unspecified atom stereocenters. The maximum Gasteiger partial charge on any atom is 0.109 e. The van der Waals surface area contributed by atoms with Crippen molar-refractivity contribution in [2.24, 2.45) is 0 Å². The van der Waals surface area contributed by atoms with Crippen LogP contribution in [0.25, 0.3) is 11.0 Å². The smallest absolute Gasteiger partial charge is 0.109 e. The molecule has 6 heteroatoms. The number of hydrogen-bond donors (Lipinski definition) is 2. The van der Waals surface area contributed by atoms with Gasteiger partial charge in [-0.25, -0.2) is 4.98 Å². The van der Waals surface area contributed by atoms with E-state index in [1.807, 2.05) is 22.8 Å². The van der Waals surface area contributed by atoms with Gasteiger partial charge in [0, 0.05) is 6.54 Å². The van der Waals surface area contributed by atoms with Gasteiger partial charge < -0.3 is 15.0 Å². The molecule has 4 nitrogen and oxygen atoms in total. The van der Waals surface area contributed by atoms with Crippen molar-refractivity contribution in [1.29, 1.82) is 0 Å². The van der Waals surface area contributed by atoms with E-state index in [1.54, 1.807) is 12.4 Å². The summed E-state index contributed by atoms with van der Waals surface area (Å²) in [5, 5.41) is 14.2. The maximum atomic E-state index is 9.90. The third kappa shape index (κ3) is 3.09. The lowest BCUT2D eigenvalue weighted by Gasteiger charge is -2.26. The minimum Gasteiger partial charge on any atom is -0.391 e. The summed E-state index contributed by atoms with van der Waals surface area (Å²) >= 11 is 12.1. The van der Waals surface area contributed by atoms with Crippen molar-refractivity contribution < 1.29 is 5.11 Å². The molecule has 0 radical (unpaired) electrons. The Morgan fingerprint density at radius 1 is 1.43 bits per heavy atom. The van der Waals surface area contributed by atoms with Crippen LogP contribution in [0.15, 0.2) is 30.6 Å². The first-order chi connectivity index (χ1) is 10.2. The fourth-order valence-electron chi connectivity index (χ4n) is 2.63. The van der Waals surface area contributed by atoms with Gasteiger partial charge in [0.1, 0.15) is 5.52 Å². The number of nitrogens with one attached hydrogen (secondary N) is 1. The molecule has 1 aromatic carbocycles. The average Bonchev–Trinajstić information content (AvgIpc) is 2.89. The predicted molar refractivity (Wildman–Crippen MR) is 85.9 cm³/mol. The van der Waals surface area contributed by atoms with Gasteiger partial charge in [-0.05, 0) is 31.5 Å². The molecule has 0 saturated carbocycles. The number of imidazole rings is 1. The molecular weight excluding hydrogens is 309 g/mol. The van der Waals surface area contributed by atoms with Crippen molar-refractivity contribution in [3.63, 3.8) is 0 Å². The van der Waals surface area contributed by atoms with E-state index in [0.29, 0.717) is 22.1 Å². The van der Waals surface area contributed by atoms with Gasteiger partial charge in [-0.3, -0.25) is 0 Å². The predicted octanol–water partition coefficient (Wildman–Crippen LogP) is 3.01. The Morgan fingerprint density at radius 3 is 3.10 bits per heavy atom. The zero-order chi connectivity index (χ0) is 14.8. The molecule has 21 heavy (non-hydrogen) atoms. The van der Waals surface area contributed by atoms with Gasteiger partial charge in [-0.2, -0.15) is 0 Å². The summed E-state index contributed by atoms with van der Waals surface area (Å²) in [4.78, 5) is 4.31. The van der Waals surface area contributed by atoms with Crippen molar-refractivity contribution in [2.45, 2.75) is 31.5 Å². The van der Waals surface area contributed by atoms with Crippen molar-refractivity contribution in [2.75, 3.05) is 6.54 Å². The average molecular weight is 326 g/mol. The molecule has 0 amide bonds.